The van der Waals surface area contributed by atoms with E-state index < -0.39 is 0 Å². The van der Waals surface area contributed by atoms with E-state index in [0.717, 1.165) is 42.8 Å². The summed E-state index contributed by atoms with van der Waals surface area (Å²) in [5.41, 5.74) is 1.18. The number of rotatable bonds is 4. The highest BCUT2D eigenvalue weighted by Crippen LogP contribution is 2.25. The van der Waals surface area contributed by atoms with Crippen LogP contribution in [0.3, 0.4) is 0 Å². The molecule has 0 saturated carbocycles. The van der Waals surface area contributed by atoms with Gasteiger partial charge in [-0.2, -0.15) is 0 Å². The van der Waals surface area contributed by atoms with Crippen LogP contribution < -0.4 is 10.1 Å². The van der Waals surface area contributed by atoms with E-state index in [1.165, 1.54) is 5.56 Å². The quantitative estimate of drug-likeness (QED) is 0.914. The normalized spacial score (nSPS) is 15.8. The lowest BCUT2D eigenvalue weighted by Crippen LogP contribution is -2.34. The largest absolute Gasteiger partial charge is 0.492 e. The topological polar surface area (TPSA) is 41.6 Å². The molecule has 0 unspecified atom stereocenters. The fraction of sp³-hybridized carbons (Fsp3) is 0.533. The fourth-order valence-corrected chi connectivity index (χ4v) is 2.83. The Morgan fingerprint density at radius 2 is 2.25 bits per heavy atom. The number of carbonyl (C=O) groups is 1. The molecule has 1 amide bonds. The molecule has 1 aromatic carbocycles. The Bertz CT molecular complexity index is 457. The van der Waals surface area contributed by atoms with Crippen molar-refractivity contribution >= 4 is 21.8 Å². The number of ether oxygens (including phenoxy) is 1. The smallest absolute Gasteiger partial charge is 0.226 e. The summed E-state index contributed by atoms with van der Waals surface area (Å²) < 4.78 is 6.61. The molecule has 110 valence electrons. The monoisotopic (exact) mass is 340 g/mol. The van der Waals surface area contributed by atoms with E-state index in [1.807, 2.05) is 30.0 Å². The summed E-state index contributed by atoms with van der Waals surface area (Å²) in [5, 5.41) is 3.30. The van der Waals surface area contributed by atoms with Crippen LogP contribution in [0.25, 0.3) is 0 Å². The third-order valence-electron chi connectivity index (χ3n) is 3.35. The molecule has 5 heteroatoms. The third kappa shape index (κ3) is 4.49. The zero-order chi connectivity index (χ0) is 14.4. The number of carbonyl (C=O) groups excluding carboxylic acids is 1. The van der Waals surface area contributed by atoms with E-state index in [4.69, 9.17) is 4.74 Å². The van der Waals surface area contributed by atoms with Gasteiger partial charge >= 0.3 is 0 Å². The third-order valence-corrected chi connectivity index (χ3v) is 3.97. The van der Waals surface area contributed by atoms with Crippen molar-refractivity contribution in [2.24, 2.45) is 0 Å². The summed E-state index contributed by atoms with van der Waals surface area (Å²) in [4.78, 5) is 14.0. The molecule has 4 nitrogen and oxygen atoms in total. The first kappa shape index (κ1) is 15.3. The molecule has 1 fully saturated rings. The lowest BCUT2D eigenvalue weighted by molar-refractivity contribution is -0.131. The van der Waals surface area contributed by atoms with Gasteiger partial charge in [0.2, 0.25) is 5.91 Å². The molecular weight excluding hydrogens is 320 g/mol. The zero-order valence-electron chi connectivity index (χ0n) is 11.8. The molecule has 1 N–H and O–H groups in total. The number of benzene rings is 1. The Hall–Kier alpha value is -1.07. The van der Waals surface area contributed by atoms with Gasteiger partial charge in [0.05, 0.1) is 17.5 Å². The lowest BCUT2D eigenvalue weighted by atomic mass is 10.2. The number of hydrogen-bond donors (Lipinski definition) is 1. The van der Waals surface area contributed by atoms with Gasteiger partial charge in [-0.15, -0.1) is 0 Å². The van der Waals surface area contributed by atoms with Crippen LogP contribution in [0.2, 0.25) is 0 Å². The van der Waals surface area contributed by atoms with E-state index in [1.54, 1.807) is 0 Å². The Labute approximate surface area is 128 Å². The van der Waals surface area contributed by atoms with Gasteiger partial charge in [-0.05, 0) is 53.5 Å². The van der Waals surface area contributed by atoms with Gasteiger partial charge < -0.3 is 15.0 Å². The summed E-state index contributed by atoms with van der Waals surface area (Å²) in [6.07, 6.45) is 1.45. The molecule has 0 radical (unpaired) electrons. The van der Waals surface area contributed by atoms with Gasteiger partial charge in [-0.3, -0.25) is 4.79 Å². The SMILES string of the molecule is Cc1ccc(OCCC(=O)N2CCCNCC2)c(Br)c1. The number of nitrogens with one attached hydrogen (secondary N) is 1. The summed E-state index contributed by atoms with van der Waals surface area (Å²) in [7, 11) is 0. The first-order valence-corrected chi connectivity index (χ1v) is 7.83. The molecule has 20 heavy (non-hydrogen) atoms. The molecule has 1 heterocycles. The molecule has 1 aliphatic heterocycles. The standard InChI is InChI=1S/C15H21BrN2O2/c1-12-3-4-14(13(16)11-12)20-10-5-15(19)18-8-2-6-17-7-9-18/h3-4,11,17H,2,5-10H2,1H3. The fourth-order valence-electron chi connectivity index (χ4n) is 2.22. The van der Waals surface area contributed by atoms with Crippen LogP contribution in [0.1, 0.15) is 18.4 Å². The number of nitrogens with zero attached hydrogens (tertiary/aromatic N) is 1. The lowest BCUT2D eigenvalue weighted by Gasteiger charge is -2.20. The second-order valence-electron chi connectivity index (χ2n) is 5.02. The van der Waals surface area contributed by atoms with E-state index in [2.05, 4.69) is 21.2 Å². The maximum Gasteiger partial charge on any atom is 0.226 e. The van der Waals surface area contributed by atoms with Crippen LogP contribution in [0.15, 0.2) is 22.7 Å². The van der Waals surface area contributed by atoms with Crippen LogP contribution in [0.4, 0.5) is 0 Å². The molecule has 0 bridgehead atoms. The van der Waals surface area contributed by atoms with E-state index in [-0.39, 0.29) is 5.91 Å². The maximum atomic E-state index is 12.1. The van der Waals surface area contributed by atoms with Crippen molar-refractivity contribution in [1.82, 2.24) is 10.2 Å². The minimum absolute atomic E-state index is 0.178. The van der Waals surface area contributed by atoms with Crippen molar-refractivity contribution in [2.75, 3.05) is 32.8 Å². The predicted octanol–water partition coefficient (Wildman–Crippen LogP) is 2.35. The average Bonchev–Trinajstić information content (AvgIpc) is 2.70. The summed E-state index contributed by atoms with van der Waals surface area (Å²) in [5.74, 6) is 0.970. The highest BCUT2D eigenvalue weighted by molar-refractivity contribution is 9.10. The van der Waals surface area contributed by atoms with Gasteiger partial charge in [0.15, 0.2) is 0 Å². The van der Waals surface area contributed by atoms with E-state index in [9.17, 15) is 4.79 Å². The van der Waals surface area contributed by atoms with Crippen LogP contribution in [0, 0.1) is 6.92 Å². The number of amides is 1. The van der Waals surface area contributed by atoms with Gasteiger partial charge in [-0.1, -0.05) is 6.07 Å². The molecule has 0 spiro atoms. The second kappa shape index (κ2) is 7.64. The minimum atomic E-state index is 0.178. The van der Waals surface area contributed by atoms with Gasteiger partial charge in [-0.25, -0.2) is 0 Å². The van der Waals surface area contributed by atoms with Crippen LogP contribution >= 0.6 is 15.9 Å². The van der Waals surface area contributed by atoms with Gasteiger partial charge in [0.25, 0.3) is 0 Å². The number of aryl methyl sites for hydroxylation is 1. The summed E-state index contributed by atoms with van der Waals surface area (Å²) >= 11 is 3.47. The van der Waals surface area contributed by atoms with Crippen molar-refractivity contribution in [3.63, 3.8) is 0 Å². The highest BCUT2D eigenvalue weighted by atomic mass is 79.9. The minimum Gasteiger partial charge on any atom is -0.492 e. The predicted molar refractivity (Wildman–Crippen MR) is 83.1 cm³/mol. The first-order valence-electron chi connectivity index (χ1n) is 7.04. The van der Waals surface area contributed by atoms with Crippen molar-refractivity contribution in [3.8, 4) is 5.75 Å². The molecule has 0 aromatic heterocycles. The second-order valence-corrected chi connectivity index (χ2v) is 5.87. The van der Waals surface area contributed by atoms with Crippen molar-refractivity contribution < 1.29 is 9.53 Å². The summed E-state index contributed by atoms with van der Waals surface area (Å²) in [6, 6.07) is 5.94. The number of halogens is 1. The van der Waals surface area contributed by atoms with Crippen molar-refractivity contribution in [2.45, 2.75) is 19.8 Å². The first-order chi connectivity index (χ1) is 9.66. The van der Waals surface area contributed by atoms with Crippen molar-refractivity contribution in [1.29, 1.82) is 0 Å². The van der Waals surface area contributed by atoms with E-state index in [0.29, 0.717) is 13.0 Å². The number of hydrogen-bond acceptors (Lipinski definition) is 3. The Kier molecular flexibility index (Phi) is 5.86. The van der Waals surface area contributed by atoms with Crippen LogP contribution in [-0.2, 0) is 4.79 Å². The molecule has 1 saturated heterocycles. The van der Waals surface area contributed by atoms with Crippen molar-refractivity contribution in [3.05, 3.63) is 28.2 Å². The molecule has 1 aliphatic rings. The van der Waals surface area contributed by atoms with E-state index >= 15 is 0 Å². The highest BCUT2D eigenvalue weighted by Gasteiger charge is 2.15. The molecule has 0 atom stereocenters. The summed E-state index contributed by atoms with van der Waals surface area (Å²) in [6.45, 7) is 5.98. The van der Waals surface area contributed by atoms with Crippen LogP contribution in [-0.4, -0.2) is 43.6 Å². The Balaban J connectivity index is 1.78. The molecule has 2 rings (SSSR count). The zero-order valence-corrected chi connectivity index (χ0v) is 13.4. The Morgan fingerprint density at radius 1 is 1.40 bits per heavy atom. The van der Waals surface area contributed by atoms with Gasteiger partial charge in [0.1, 0.15) is 5.75 Å². The molecule has 1 aromatic rings. The van der Waals surface area contributed by atoms with Crippen LogP contribution in [0.5, 0.6) is 5.75 Å². The molecular formula is C15H21BrN2O2. The van der Waals surface area contributed by atoms with Gasteiger partial charge in [0, 0.05) is 19.6 Å². The molecule has 0 aliphatic carbocycles. The maximum absolute atomic E-state index is 12.1. The average molecular weight is 341 g/mol. The Morgan fingerprint density at radius 3 is 3.05 bits per heavy atom.